The molecule has 14 heavy (non-hydrogen) atoms. The van der Waals surface area contributed by atoms with Crippen LogP contribution in [0.15, 0.2) is 18.6 Å². The lowest BCUT2D eigenvalue weighted by Gasteiger charge is -2.27. The summed E-state index contributed by atoms with van der Waals surface area (Å²) in [7, 11) is 0. The fourth-order valence-corrected chi connectivity index (χ4v) is 1.59. The highest BCUT2D eigenvalue weighted by molar-refractivity contribution is 5.02. The zero-order valence-corrected chi connectivity index (χ0v) is 8.31. The number of hydrogen-bond acceptors (Lipinski definition) is 4. The predicted molar refractivity (Wildman–Crippen MR) is 53.1 cm³/mol. The van der Waals surface area contributed by atoms with Crippen molar-refractivity contribution < 1.29 is 4.74 Å². The van der Waals surface area contributed by atoms with Gasteiger partial charge in [0.15, 0.2) is 0 Å². The third-order valence-electron chi connectivity index (χ3n) is 2.44. The molecule has 0 bridgehead atoms. The van der Waals surface area contributed by atoms with Crippen molar-refractivity contribution in [3.8, 4) is 5.88 Å². The molecule has 0 aromatic carbocycles. The average Bonchev–Trinajstić information content (AvgIpc) is 2.23. The molecule has 2 rings (SSSR count). The summed E-state index contributed by atoms with van der Waals surface area (Å²) in [6.07, 6.45) is 7.43. The van der Waals surface area contributed by atoms with E-state index in [-0.39, 0.29) is 6.10 Å². The van der Waals surface area contributed by atoms with E-state index in [0.717, 1.165) is 19.4 Å². The Bertz CT molecular complexity index is 270. The number of nitrogens with zero attached hydrogens (tertiary/aromatic N) is 2. The first-order valence-corrected chi connectivity index (χ1v) is 5.00. The number of nitrogens with one attached hydrogen (secondary N) is 1. The van der Waals surface area contributed by atoms with Gasteiger partial charge < -0.3 is 10.1 Å². The summed E-state index contributed by atoms with van der Waals surface area (Å²) in [6.45, 7) is 3.09. The number of hydrogen-bond donors (Lipinski definition) is 1. The topological polar surface area (TPSA) is 47.0 Å². The Morgan fingerprint density at radius 3 is 3.00 bits per heavy atom. The smallest absolute Gasteiger partial charge is 0.232 e. The first-order valence-electron chi connectivity index (χ1n) is 5.00. The monoisotopic (exact) mass is 193 g/mol. The van der Waals surface area contributed by atoms with E-state index >= 15 is 0 Å². The van der Waals surface area contributed by atoms with Gasteiger partial charge in [-0.1, -0.05) is 0 Å². The molecule has 1 aromatic rings. The Kier molecular flexibility index (Phi) is 2.93. The second kappa shape index (κ2) is 4.37. The van der Waals surface area contributed by atoms with Gasteiger partial charge in [0, 0.05) is 25.0 Å². The lowest BCUT2D eigenvalue weighted by molar-refractivity contribution is 0.146. The van der Waals surface area contributed by atoms with Crippen molar-refractivity contribution in [2.45, 2.75) is 31.9 Å². The summed E-state index contributed by atoms with van der Waals surface area (Å²) in [6, 6.07) is 0.608. The molecule has 2 unspecified atom stereocenters. The van der Waals surface area contributed by atoms with Crippen molar-refractivity contribution >= 4 is 0 Å². The van der Waals surface area contributed by atoms with Gasteiger partial charge in [-0.2, -0.15) is 0 Å². The molecule has 4 heteroatoms. The lowest BCUT2D eigenvalue weighted by Crippen LogP contribution is -2.42. The Balaban J connectivity index is 1.87. The van der Waals surface area contributed by atoms with E-state index in [1.807, 2.05) is 0 Å². The van der Waals surface area contributed by atoms with Crippen LogP contribution in [0, 0.1) is 0 Å². The summed E-state index contributed by atoms with van der Waals surface area (Å²) in [5, 5.41) is 3.38. The van der Waals surface area contributed by atoms with Crippen molar-refractivity contribution in [3.63, 3.8) is 0 Å². The molecule has 2 atom stereocenters. The zero-order valence-electron chi connectivity index (χ0n) is 8.31. The molecule has 0 radical (unpaired) electrons. The molecule has 2 heterocycles. The van der Waals surface area contributed by atoms with E-state index in [2.05, 4.69) is 22.2 Å². The molecule has 1 saturated heterocycles. The van der Waals surface area contributed by atoms with Crippen LogP contribution in [0.1, 0.15) is 19.8 Å². The molecule has 0 amide bonds. The third-order valence-corrected chi connectivity index (χ3v) is 2.44. The van der Waals surface area contributed by atoms with Crippen molar-refractivity contribution in [2.75, 3.05) is 6.54 Å². The van der Waals surface area contributed by atoms with Gasteiger partial charge in [-0.25, -0.2) is 4.98 Å². The Morgan fingerprint density at radius 2 is 2.36 bits per heavy atom. The standard InChI is InChI=1S/C10H15N3O/c1-8-2-3-9(6-13-8)14-10-7-11-4-5-12-10/h4-5,7-9,13H,2-3,6H2,1H3. The lowest BCUT2D eigenvalue weighted by atomic mass is 10.0. The number of rotatable bonds is 2. The number of aromatic nitrogens is 2. The molecule has 0 spiro atoms. The Morgan fingerprint density at radius 1 is 1.43 bits per heavy atom. The summed E-state index contributed by atoms with van der Waals surface area (Å²) >= 11 is 0. The quantitative estimate of drug-likeness (QED) is 0.761. The van der Waals surface area contributed by atoms with Gasteiger partial charge in [0.25, 0.3) is 0 Å². The van der Waals surface area contributed by atoms with E-state index in [4.69, 9.17) is 4.74 Å². The van der Waals surface area contributed by atoms with Crippen molar-refractivity contribution in [1.82, 2.24) is 15.3 Å². The van der Waals surface area contributed by atoms with Crippen LogP contribution in [0.25, 0.3) is 0 Å². The predicted octanol–water partition coefficient (Wildman–Crippen LogP) is 0.996. The summed E-state index contributed by atoms with van der Waals surface area (Å²) in [5.41, 5.74) is 0. The zero-order chi connectivity index (χ0) is 9.80. The molecular weight excluding hydrogens is 178 g/mol. The van der Waals surface area contributed by atoms with Crippen LogP contribution >= 0.6 is 0 Å². The fourth-order valence-electron chi connectivity index (χ4n) is 1.59. The maximum atomic E-state index is 5.67. The normalized spacial score (nSPS) is 27.2. The first-order chi connectivity index (χ1) is 6.84. The largest absolute Gasteiger partial charge is 0.472 e. The Hall–Kier alpha value is -1.16. The van der Waals surface area contributed by atoms with Crippen molar-refractivity contribution in [2.24, 2.45) is 0 Å². The minimum Gasteiger partial charge on any atom is -0.472 e. The van der Waals surface area contributed by atoms with E-state index in [0.29, 0.717) is 11.9 Å². The van der Waals surface area contributed by atoms with Crippen LogP contribution < -0.4 is 10.1 Å². The average molecular weight is 193 g/mol. The van der Waals surface area contributed by atoms with Gasteiger partial charge in [-0.3, -0.25) is 4.98 Å². The number of piperidine rings is 1. The molecule has 1 N–H and O–H groups in total. The van der Waals surface area contributed by atoms with Crippen LogP contribution in [0.4, 0.5) is 0 Å². The van der Waals surface area contributed by atoms with Gasteiger partial charge >= 0.3 is 0 Å². The highest BCUT2D eigenvalue weighted by atomic mass is 16.5. The molecule has 1 aromatic heterocycles. The maximum Gasteiger partial charge on any atom is 0.232 e. The minimum absolute atomic E-state index is 0.239. The van der Waals surface area contributed by atoms with Gasteiger partial charge in [0.05, 0.1) is 6.20 Å². The molecular formula is C10H15N3O. The highest BCUT2D eigenvalue weighted by Crippen LogP contribution is 2.13. The van der Waals surface area contributed by atoms with Crippen LogP contribution in [0.3, 0.4) is 0 Å². The van der Waals surface area contributed by atoms with E-state index in [1.165, 1.54) is 0 Å². The first kappa shape index (κ1) is 9.40. The molecule has 1 aliphatic heterocycles. The van der Waals surface area contributed by atoms with E-state index in [9.17, 15) is 0 Å². The third kappa shape index (κ3) is 2.42. The van der Waals surface area contributed by atoms with Crippen molar-refractivity contribution in [1.29, 1.82) is 0 Å². The molecule has 0 saturated carbocycles. The van der Waals surface area contributed by atoms with Crippen LogP contribution in [-0.4, -0.2) is 28.7 Å². The SMILES string of the molecule is CC1CCC(Oc2cnccn2)CN1. The molecule has 4 nitrogen and oxygen atoms in total. The number of ether oxygens (including phenoxy) is 1. The van der Waals surface area contributed by atoms with Crippen molar-refractivity contribution in [3.05, 3.63) is 18.6 Å². The van der Waals surface area contributed by atoms with Gasteiger partial charge in [-0.05, 0) is 19.8 Å². The van der Waals surface area contributed by atoms with Crippen LogP contribution in [0.5, 0.6) is 5.88 Å². The summed E-state index contributed by atoms with van der Waals surface area (Å²) < 4.78 is 5.67. The minimum atomic E-state index is 0.239. The highest BCUT2D eigenvalue weighted by Gasteiger charge is 2.18. The second-order valence-electron chi connectivity index (χ2n) is 3.67. The van der Waals surface area contributed by atoms with Crippen LogP contribution in [0.2, 0.25) is 0 Å². The summed E-state index contributed by atoms with van der Waals surface area (Å²) in [4.78, 5) is 8.04. The maximum absolute atomic E-state index is 5.67. The van der Waals surface area contributed by atoms with Gasteiger partial charge in [-0.15, -0.1) is 0 Å². The van der Waals surface area contributed by atoms with Gasteiger partial charge in [0.1, 0.15) is 6.10 Å². The Labute approximate surface area is 83.7 Å². The summed E-state index contributed by atoms with van der Waals surface area (Å²) in [5.74, 6) is 0.619. The fraction of sp³-hybridized carbons (Fsp3) is 0.600. The molecule has 76 valence electrons. The second-order valence-corrected chi connectivity index (χ2v) is 3.67. The van der Waals surface area contributed by atoms with E-state index < -0.39 is 0 Å². The van der Waals surface area contributed by atoms with Gasteiger partial charge in [0.2, 0.25) is 5.88 Å². The molecule has 0 aliphatic carbocycles. The molecule has 1 fully saturated rings. The molecule has 1 aliphatic rings. The van der Waals surface area contributed by atoms with Crippen LogP contribution in [-0.2, 0) is 0 Å². The van der Waals surface area contributed by atoms with E-state index in [1.54, 1.807) is 18.6 Å².